The van der Waals surface area contributed by atoms with Gasteiger partial charge >= 0.3 is 0 Å². The number of hydrogen-bond acceptors (Lipinski definition) is 5. The first-order valence-electron chi connectivity index (χ1n) is 7.04. The van der Waals surface area contributed by atoms with Crippen molar-refractivity contribution in [2.45, 2.75) is 20.4 Å². The fourth-order valence-electron chi connectivity index (χ4n) is 2.14. The number of amides is 1. The van der Waals surface area contributed by atoms with Crippen LogP contribution in [0.4, 0.5) is 11.4 Å². The van der Waals surface area contributed by atoms with Crippen molar-refractivity contribution >= 4 is 23.1 Å². The van der Waals surface area contributed by atoms with Gasteiger partial charge in [0.25, 0.3) is 11.2 Å². The zero-order valence-electron chi connectivity index (χ0n) is 13.1. The molecule has 8 nitrogen and oxygen atoms in total. The Hall–Kier alpha value is -3.29. The van der Waals surface area contributed by atoms with Crippen LogP contribution >= 0.6 is 0 Å². The van der Waals surface area contributed by atoms with Crippen LogP contribution in [0.15, 0.2) is 41.3 Å². The van der Waals surface area contributed by atoms with Crippen LogP contribution in [0.2, 0.25) is 0 Å². The first-order valence-corrected chi connectivity index (χ1v) is 7.04. The first kappa shape index (κ1) is 17.1. The largest absolute Gasteiger partial charge is 0.325 e. The minimum atomic E-state index is -0.612. The minimum absolute atomic E-state index is 0.142. The number of rotatable bonds is 5. The number of nitrogens with zero attached hydrogens (tertiary/aromatic N) is 2. The molecule has 0 saturated carbocycles. The van der Waals surface area contributed by atoms with Crippen LogP contribution < -0.4 is 10.9 Å². The van der Waals surface area contributed by atoms with E-state index in [1.807, 2.05) is 0 Å². The van der Waals surface area contributed by atoms with E-state index in [4.69, 9.17) is 0 Å². The Balaban J connectivity index is 2.20. The van der Waals surface area contributed by atoms with Gasteiger partial charge in [-0.1, -0.05) is 12.1 Å². The second-order valence-electron chi connectivity index (χ2n) is 5.25. The molecular formula is C16H15N3O5. The number of aromatic nitrogens is 1. The molecule has 0 aliphatic rings. The lowest BCUT2D eigenvalue weighted by atomic mass is 10.1. The Bertz CT molecular complexity index is 886. The van der Waals surface area contributed by atoms with E-state index < -0.39 is 16.4 Å². The Labute approximate surface area is 136 Å². The number of carbonyl (C=O) groups is 2. The van der Waals surface area contributed by atoms with Gasteiger partial charge in [-0.25, -0.2) is 0 Å². The smallest absolute Gasteiger partial charge is 0.288 e. The molecule has 0 fully saturated rings. The summed E-state index contributed by atoms with van der Waals surface area (Å²) in [4.78, 5) is 45.6. The highest BCUT2D eigenvalue weighted by atomic mass is 16.6. The summed E-state index contributed by atoms with van der Waals surface area (Å²) in [6.45, 7) is 2.49. The Kier molecular flexibility index (Phi) is 4.88. The van der Waals surface area contributed by atoms with Gasteiger partial charge in [0.1, 0.15) is 6.54 Å². The first-order chi connectivity index (χ1) is 11.3. The lowest BCUT2D eigenvalue weighted by Gasteiger charge is -2.09. The van der Waals surface area contributed by atoms with Gasteiger partial charge in [0.2, 0.25) is 5.91 Å². The summed E-state index contributed by atoms with van der Waals surface area (Å²) >= 11 is 0. The van der Waals surface area contributed by atoms with E-state index in [1.54, 1.807) is 18.2 Å². The van der Waals surface area contributed by atoms with Crippen LogP contribution in [0.3, 0.4) is 0 Å². The van der Waals surface area contributed by atoms with Crippen molar-refractivity contribution < 1.29 is 14.5 Å². The molecule has 0 spiro atoms. The van der Waals surface area contributed by atoms with Crippen molar-refractivity contribution in [2.24, 2.45) is 0 Å². The summed E-state index contributed by atoms with van der Waals surface area (Å²) in [5, 5.41) is 13.5. The lowest BCUT2D eigenvalue weighted by Crippen LogP contribution is -2.27. The summed E-state index contributed by atoms with van der Waals surface area (Å²) in [6, 6.07) is 7.47. The van der Waals surface area contributed by atoms with Crippen molar-refractivity contribution in [3.8, 4) is 0 Å². The summed E-state index contributed by atoms with van der Waals surface area (Å²) in [7, 11) is 0. The predicted molar refractivity (Wildman–Crippen MR) is 87.2 cm³/mol. The summed E-state index contributed by atoms with van der Waals surface area (Å²) in [5.74, 6) is -0.674. The summed E-state index contributed by atoms with van der Waals surface area (Å²) in [5.41, 5.74) is 0.334. The molecule has 1 amide bonds. The van der Waals surface area contributed by atoms with Crippen molar-refractivity contribution in [1.82, 2.24) is 4.57 Å². The molecule has 1 heterocycles. The third kappa shape index (κ3) is 3.92. The minimum Gasteiger partial charge on any atom is -0.325 e. The highest BCUT2D eigenvalue weighted by Crippen LogP contribution is 2.14. The summed E-state index contributed by atoms with van der Waals surface area (Å²) < 4.78 is 0.968. The number of ketones is 1. The van der Waals surface area contributed by atoms with Crippen LogP contribution in [0.5, 0.6) is 0 Å². The quantitative estimate of drug-likeness (QED) is 0.511. The molecule has 0 bridgehead atoms. The zero-order chi connectivity index (χ0) is 17.9. The molecule has 8 heteroatoms. The molecule has 0 radical (unpaired) electrons. The van der Waals surface area contributed by atoms with Gasteiger partial charge in [-0.05, 0) is 26.0 Å². The highest BCUT2D eigenvalue weighted by Gasteiger charge is 2.15. The van der Waals surface area contributed by atoms with Crippen molar-refractivity contribution in [3.05, 3.63) is 68.1 Å². The number of carbonyl (C=O) groups excluding carboxylic acids is 2. The van der Waals surface area contributed by atoms with E-state index >= 15 is 0 Å². The molecule has 0 aliphatic heterocycles. The highest BCUT2D eigenvalue weighted by molar-refractivity contribution is 5.97. The molecule has 2 rings (SSSR count). The number of anilines is 1. The molecule has 1 N–H and O–H groups in total. The van der Waals surface area contributed by atoms with Crippen LogP contribution in [0.25, 0.3) is 0 Å². The molecule has 24 heavy (non-hydrogen) atoms. The maximum Gasteiger partial charge on any atom is 0.288 e. The second kappa shape index (κ2) is 6.86. The topological polar surface area (TPSA) is 111 Å². The van der Waals surface area contributed by atoms with E-state index in [0.717, 1.165) is 16.8 Å². The number of pyridine rings is 1. The third-order valence-corrected chi connectivity index (χ3v) is 3.37. The standard InChI is InChI=1S/C16H15N3O5/c1-10-6-16(22)18(8-14(10)19(23)24)9-15(21)17-13-5-3-4-12(7-13)11(2)20/h3-8H,9H2,1-2H3,(H,17,21). The lowest BCUT2D eigenvalue weighted by molar-refractivity contribution is -0.385. The molecule has 2 aromatic rings. The van der Waals surface area contributed by atoms with Crippen LogP contribution in [0.1, 0.15) is 22.8 Å². The third-order valence-electron chi connectivity index (χ3n) is 3.37. The normalized spacial score (nSPS) is 10.2. The van der Waals surface area contributed by atoms with Crippen molar-refractivity contribution in [2.75, 3.05) is 5.32 Å². The van der Waals surface area contributed by atoms with Gasteiger partial charge in [0, 0.05) is 22.9 Å². The van der Waals surface area contributed by atoms with Crippen LogP contribution in [-0.4, -0.2) is 21.2 Å². The number of nitro groups is 1. The van der Waals surface area contributed by atoms with Crippen LogP contribution in [0, 0.1) is 17.0 Å². The van der Waals surface area contributed by atoms with Gasteiger partial charge in [-0.3, -0.25) is 29.1 Å². The van der Waals surface area contributed by atoms with E-state index in [2.05, 4.69) is 5.32 Å². The molecule has 0 atom stereocenters. The van der Waals surface area contributed by atoms with Crippen molar-refractivity contribution in [3.63, 3.8) is 0 Å². The van der Waals surface area contributed by atoms with E-state index in [-0.39, 0.29) is 23.6 Å². The van der Waals surface area contributed by atoms with Gasteiger partial charge in [0.15, 0.2) is 5.78 Å². The van der Waals surface area contributed by atoms with Gasteiger partial charge in [-0.2, -0.15) is 0 Å². The van der Waals surface area contributed by atoms with Gasteiger partial charge in [-0.15, -0.1) is 0 Å². The number of benzene rings is 1. The Morgan fingerprint density at radius 3 is 2.62 bits per heavy atom. The van der Waals surface area contributed by atoms with E-state index in [9.17, 15) is 24.5 Å². The Morgan fingerprint density at radius 1 is 1.29 bits per heavy atom. The maximum atomic E-state index is 12.1. The molecule has 124 valence electrons. The number of nitrogens with one attached hydrogen (secondary N) is 1. The molecular weight excluding hydrogens is 314 g/mol. The average molecular weight is 329 g/mol. The second-order valence-corrected chi connectivity index (χ2v) is 5.25. The molecule has 0 unspecified atom stereocenters. The monoisotopic (exact) mass is 329 g/mol. The maximum absolute atomic E-state index is 12.1. The van der Waals surface area contributed by atoms with Gasteiger partial charge in [0.05, 0.1) is 11.1 Å². The van der Waals surface area contributed by atoms with E-state index in [0.29, 0.717) is 11.3 Å². The molecule has 1 aromatic heterocycles. The number of Topliss-reactive ketones (excluding diaryl/α,β-unsaturated/α-hetero) is 1. The SMILES string of the molecule is CC(=O)c1cccc(NC(=O)Cn2cc([N+](=O)[O-])c(C)cc2=O)c1. The predicted octanol–water partition coefficient (Wildman–Crippen LogP) is 1.91. The summed E-state index contributed by atoms with van der Waals surface area (Å²) in [6.07, 6.45) is 1.04. The fraction of sp³-hybridized carbons (Fsp3) is 0.188. The van der Waals surface area contributed by atoms with Crippen LogP contribution in [-0.2, 0) is 11.3 Å². The zero-order valence-corrected chi connectivity index (χ0v) is 13.1. The average Bonchev–Trinajstić information content (AvgIpc) is 2.49. The van der Waals surface area contributed by atoms with Crippen molar-refractivity contribution in [1.29, 1.82) is 0 Å². The van der Waals surface area contributed by atoms with E-state index in [1.165, 1.54) is 19.9 Å². The van der Waals surface area contributed by atoms with Gasteiger partial charge < -0.3 is 5.32 Å². The molecule has 0 saturated heterocycles. The number of aryl methyl sites for hydroxylation is 1. The Morgan fingerprint density at radius 2 is 2.00 bits per heavy atom. The number of hydrogen-bond donors (Lipinski definition) is 1. The fourth-order valence-corrected chi connectivity index (χ4v) is 2.14. The molecule has 1 aromatic carbocycles. The molecule has 0 aliphatic carbocycles.